The predicted molar refractivity (Wildman–Crippen MR) is 92.1 cm³/mol. The number of carbonyl (C=O) groups is 1. The summed E-state index contributed by atoms with van der Waals surface area (Å²) in [6, 6.07) is 7.15. The Hall–Kier alpha value is -1.57. The van der Waals surface area contributed by atoms with Crippen LogP contribution in [0, 0.1) is 0 Å². The zero-order valence-electron chi connectivity index (χ0n) is 13.4. The molecule has 0 spiro atoms. The Balaban J connectivity index is 1.57. The van der Waals surface area contributed by atoms with Crippen molar-refractivity contribution in [3.63, 3.8) is 0 Å². The van der Waals surface area contributed by atoms with Crippen LogP contribution in [0.3, 0.4) is 0 Å². The van der Waals surface area contributed by atoms with Gasteiger partial charge in [-0.1, -0.05) is 23.4 Å². The van der Waals surface area contributed by atoms with E-state index in [-0.39, 0.29) is 23.9 Å². The lowest BCUT2D eigenvalue weighted by molar-refractivity contribution is -0.140. The molecule has 1 amide bonds. The monoisotopic (exact) mass is 367 g/mol. The van der Waals surface area contributed by atoms with Gasteiger partial charge < -0.3 is 14.1 Å². The van der Waals surface area contributed by atoms with E-state index in [1.54, 1.807) is 12.1 Å². The van der Waals surface area contributed by atoms with Crippen molar-refractivity contribution in [2.24, 2.45) is 0 Å². The molecule has 3 rings (SSSR count). The Kier molecular flexibility index (Phi) is 5.43. The first-order chi connectivity index (χ1) is 11.5. The van der Waals surface area contributed by atoms with Crippen LogP contribution < -0.4 is 0 Å². The summed E-state index contributed by atoms with van der Waals surface area (Å²) in [6.07, 6.45) is 0.116. The van der Waals surface area contributed by atoms with E-state index < -0.39 is 0 Å². The van der Waals surface area contributed by atoms with Gasteiger partial charge in [0.1, 0.15) is 0 Å². The molecule has 6 nitrogen and oxygen atoms in total. The van der Waals surface area contributed by atoms with Gasteiger partial charge in [0, 0.05) is 23.7 Å². The number of amides is 1. The van der Waals surface area contributed by atoms with E-state index >= 15 is 0 Å². The van der Waals surface area contributed by atoms with Crippen molar-refractivity contribution >= 4 is 29.3 Å². The second kappa shape index (κ2) is 7.55. The molecule has 0 saturated carbocycles. The molecule has 128 valence electrons. The highest BCUT2D eigenvalue weighted by molar-refractivity contribution is 7.99. The van der Waals surface area contributed by atoms with Gasteiger partial charge in [-0.05, 0) is 38.1 Å². The number of ether oxygens (including phenoxy) is 1. The largest absolute Gasteiger partial charge is 0.411 e. The number of carbonyl (C=O) groups excluding carboxylic acids is 1. The van der Waals surface area contributed by atoms with Crippen molar-refractivity contribution in [2.45, 2.75) is 31.3 Å². The first kappa shape index (κ1) is 17.3. The number of morpholine rings is 1. The van der Waals surface area contributed by atoms with Crippen LogP contribution in [0.4, 0.5) is 0 Å². The average Bonchev–Trinajstić information content (AvgIpc) is 3.01. The summed E-state index contributed by atoms with van der Waals surface area (Å²) in [5.74, 6) is 0.727. The molecule has 0 bridgehead atoms. The molecule has 1 aromatic heterocycles. The van der Waals surface area contributed by atoms with Crippen LogP contribution in [0.5, 0.6) is 0 Å². The molecule has 2 heterocycles. The minimum absolute atomic E-state index is 0.0493. The first-order valence-corrected chi connectivity index (χ1v) is 9.03. The third-order valence-corrected chi connectivity index (χ3v) is 4.64. The summed E-state index contributed by atoms with van der Waals surface area (Å²) in [4.78, 5) is 14.1. The quantitative estimate of drug-likeness (QED) is 0.773. The van der Waals surface area contributed by atoms with Crippen molar-refractivity contribution in [3.05, 3.63) is 29.3 Å². The maximum absolute atomic E-state index is 12.3. The van der Waals surface area contributed by atoms with E-state index in [1.165, 1.54) is 11.8 Å². The molecule has 24 heavy (non-hydrogen) atoms. The van der Waals surface area contributed by atoms with Gasteiger partial charge in [0.25, 0.3) is 5.22 Å². The van der Waals surface area contributed by atoms with Gasteiger partial charge in [0.05, 0.1) is 18.0 Å². The van der Waals surface area contributed by atoms with E-state index in [0.717, 1.165) is 5.56 Å². The second-order valence-electron chi connectivity index (χ2n) is 5.72. The number of aromatic nitrogens is 2. The third-order valence-electron chi connectivity index (χ3n) is 3.59. The molecule has 2 atom stereocenters. The molecular weight excluding hydrogens is 350 g/mol. The molecule has 1 aromatic carbocycles. The van der Waals surface area contributed by atoms with Crippen molar-refractivity contribution in [1.29, 1.82) is 0 Å². The van der Waals surface area contributed by atoms with Crippen LogP contribution in [0.2, 0.25) is 5.02 Å². The molecule has 1 fully saturated rings. The molecule has 1 aliphatic heterocycles. The van der Waals surface area contributed by atoms with Gasteiger partial charge in [-0.25, -0.2) is 0 Å². The van der Waals surface area contributed by atoms with E-state index in [0.29, 0.717) is 29.2 Å². The molecule has 1 saturated heterocycles. The zero-order chi connectivity index (χ0) is 17.1. The predicted octanol–water partition coefficient (Wildman–Crippen LogP) is 3.12. The van der Waals surface area contributed by atoms with E-state index in [1.807, 2.05) is 30.9 Å². The SMILES string of the molecule is CC1CN(C(=O)CSc2nnc(-c3ccc(Cl)cc3)o2)CC(C)O1. The molecule has 1 aliphatic rings. The van der Waals surface area contributed by atoms with Crippen LogP contribution in [0.25, 0.3) is 11.5 Å². The summed E-state index contributed by atoms with van der Waals surface area (Å²) in [6.45, 7) is 5.17. The van der Waals surface area contributed by atoms with Crippen molar-refractivity contribution in [2.75, 3.05) is 18.8 Å². The second-order valence-corrected chi connectivity index (χ2v) is 7.09. The Bertz CT molecular complexity index is 697. The van der Waals surface area contributed by atoms with Gasteiger partial charge in [-0.3, -0.25) is 4.79 Å². The standard InChI is InChI=1S/C16H18ClN3O3S/c1-10-7-20(8-11(2)22-10)14(21)9-24-16-19-18-15(23-16)12-3-5-13(17)6-4-12/h3-6,10-11H,7-9H2,1-2H3. The zero-order valence-corrected chi connectivity index (χ0v) is 15.0. The summed E-state index contributed by atoms with van der Waals surface area (Å²) in [5.41, 5.74) is 0.793. The molecule has 2 aromatic rings. The van der Waals surface area contributed by atoms with Gasteiger partial charge in [0.2, 0.25) is 11.8 Å². The van der Waals surface area contributed by atoms with Crippen LogP contribution >= 0.6 is 23.4 Å². The van der Waals surface area contributed by atoms with Crippen molar-refractivity contribution in [3.8, 4) is 11.5 Å². The molecule has 0 N–H and O–H groups in total. The number of rotatable bonds is 4. The maximum Gasteiger partial charge on any atom is 0.277 e. The molecule has 0 radical (unpaired) electrons. The number of benzene rings is 1. The lowest BCUT2D eigenvalue weighted by Gasteiger charge is -2.35. The number of hydrogen-bond donors (Lipinski definition) is 0. The number of nitrogens with zero attached hydrogens (tertiary/aromatic N) is 3. The topological polar surface area (TPSA) is 68.5 Å². The lowest BCUT2D eigenvalue weighted by atomic mass is 10.2. The van der Waals surface area contributed by atoms with Gasteiger partial charge in [-0.2, -0.15) is 0 Å². The maximum atomic E-state index is 12.3. The Labute approximate surface area is 149 Å². The summed E-state index contributed by atoms with van der Waals surface area (Å²) in [7, 11) is 0. The lowest BCUT2D eigenvalue weighted by Crippen LogP contribution is -2.48. The van der Waals surface area contributed by atoms with Gasteiger partial charge in [-0.15, -0.1) is 10.2 Å². The van der Waals surface area contributed by atoms with Crippen LogP contribution in [0.1, 0.15) is 13.8 Å². The molecule has 8 heteroatoms. The highest BCUT2D eigenvalue weighted by Crippen LogP contribution is 2.24. The normalized spacial score (nSPS) is 21.0. The third kappa shape index (κ3) is 4.28. The average molecular weight is 368 g/mol. The minimum Gasteiger partial charge on any atom is -0.411 e. The van der Waals surface area contributed by atoms with Crippen LogP contribution in [-0.2, 0) is 9.53 Å². The summed E-state index contributed by atoms with van der Waals surface area (Å²) < 4.78 is 11.2. The minimum atomic E-state index is 0.0493. The first-order valence-electron chi connectivity index (χ1n) is 7.66. The fourth-order valence-electron chi connectivity index (χ4n) is 2.57. The van der Waals surface area contributed by atoms with Crippen molar-refractivity contribution < 1.29 is 13.9 Å². The summed E-state index contributed by atoms with van der Waals surface area (Å²) in [5, 5.41) is 9.01. The fraction of sp³-hybridized carbons (Fsp3) is 0.438. The fourth-order valence-corrected chi connectivity index (χ4v) is 3.37. The molecular formula is C16H18ClN3O3S. The van der Waals surface area contributed by atoms with E-state index in [4.69, 9.17) is 20.8 Å². The van der Waals surface area contributed by atoms with Gasteiger partial charge in [0.15, 0.2) is 0 Å². The van der Waals surface area contributed by atoms with Crippen LogP contribution in [0.15, 0.2) is 33.9 Å². The Morgan fingerprint density at radius 3 is 2.58 bits per heavy atom. The smallest absolute Gasteiger partial charge is 0.277 e. The summed E-state index contributed by atoms with van der Waals surface area (Å²) >= 11 is 7.11. The Morgan fingerprint density at radius 1 is 1.25 bits per heavy atom. The van der Waals surface area contributed by atoms with Crippen molar-refractivity contribution in [1.82, 2.24) is 15.1 Å². The van der Waals surface area contributed by atoms with E-state index in [9.17, 15) is 4.79 Å². The number of halogens is 1. The number of hydrogen-bond acceptors (Lipinski definition) is 6. The molecule has 0 aliphatic carbocycles. The highest BCUT2D eigenvalue weighted by atomic mass is 35.5. The highest BCUT2D eigenvalue weighted by Gasteiger charge is 2.26. The van der Waals surface area contributed by atoms with Gasteiger partial charge >= 0.3 is 0 Å². The van der Waals surface area contributed by atoms with Crippen LogP contribution in [-0.4, -0.2) is 52.1 Å². The van der Waals surface area contributed by atoms with E-state index in [2.05, 4.69) is 10.2 Å². The molecule has 2 unspecified atom stereocenters. The number of thioether (sulfide) groups is 1. The Morgan fingerprint density at radius 2 is 1.92 bits per heavy atom.